The largest absolute Gasteiger partial charge is 0.481 e. The molecule has 1 N–H and O–H groups in total. The third kappa shape index (κ3) is 2.35. The van der Waals surface area contributed by atoms with Gasteiger partial charge in [-0.2, -0.15) is 13.2 Å². The molecule has 2 atom stereocenters. The van der Waals surface area contributed by atoms with Gasteiger partial charge in [0.1, 0.15) is 0 Å². The summed E-state index contributed by atoms with van der Waals surface area (Å²) < 4.78 is 36.9. The Morgan fingerprint density at radius 3 is 2.15 bits per heavy atom. The van der Waals surface area contributed by atoms with Crippen LogP contribution in [0.15, 0.2) is 0 Å². The highest BCUT2D eigenvalue weighted by Gasteiger charge is 2.48. The second-order valence-corrected chi connectivity index (χ2v) is 3.38. The number of carbonyl (C=O) groups is 1. The Labute approximate surface area is 73.7 Å². The Morgan fingerprint density at radius 2 is 1.77 bits per heavy atom. The van der Waals surface area contributed by atoms with Gasteiger partial charge in [0.15, 0.2) is 0 Å². The molecule has 1 aliphatic carbocycles. The SMILES string of the molecule is O=C(O)[C@H]1CCCC[C@@H]1C(F)(F)F. The normalized spacial score (nSPS) is 30.1. The van der Waals surface area contributed by atoms with E-state index >= 15 is 0 Å². The van der Waals surface area contributed by atoms with Crippen molar-refractivity contribution in [3.05, 3.63) is 0 Å². The first kappa shape index (κ1) is 10.3. The van der Waals surface area contributed by atoms with Crippen LogP contribution in [0.3, 0.4) is 0 Å². The van der Waals surface area contributed by atoms with Crippen molar-refractivity contribution in [2.45, 2.75) is 31.9 Å². The van der Waals surface area contributed by atoms with E-state index in [1.54, 1.807) is 0 Å². The van der Waals surface area contributed by atoms with E-state index in [1.807, 2.05) is 0 Å². The summed E-state index contributed by atoms with van der Waals surface area (Å²) in [5, 5.41) is 8.57. The van der Waals surface area contributed by atoms with Gasteiger partial charge in [-0.3, -0.25) is 4.79 Å². The minimum Gasteiger partial charge on any atom is -0.481 e. The maximum atomic E-state index is 12.3. The molecule has 0 saturated heterocycles. The van der Waals surface area contributed by atoms with Crippen molar-refractivity contribution in [1.82, 2.24) is 0 Å². The summed E-state index contributed by atoms with van der Waals surface area (Å²) in [4.78, 5) is 10.5. The second kappa shape index (κ2) is 3.55. The molecule has 1 saturated carbocycles. The molecule has 0 radical (unpaired) electrons. The number of aliphatic carboxylic acids is 1. The van der Waals surface area contributed by atoms with Crippen LogP contribution >= 0.6 is 0 Å². The summed E-state index contributed by atoms with van der Waals surface area (Å²) in [5.74, 6) is -4.19. The van der Waals surface area contributed by atoms with E-state index in [4.69, 9.17) is 5.11 Å². The molecule has 5 heteroatoms. The van der Waals surface area contributed by atoms with Gasteiger partial charge in [-0.1, -0.05) is 12.8 Å². The summed E-state index contributed by atoms with van der Waals surface area (Å²) >= 11 is 0. The fourth-order valence-electron chi connectivity index (χ4n) is 1.82. The van der Waals surface area contributed by atoms with Crippen molar-refractivity contribution in [2.24, 2.45) is 11.8 Å². The van der Waals surface area contributed by atoms with Gasteiger partial charge in [-0.25, -0.2) is 0 Å². The Morgan fingerprint density at radius 1 is 1.23 bits per heavy atom. The molecular weight excluding hydrogens is 185 g/mol. The van der Waals surface area contributed by atoms with Crippen molar-refractivity contribution in [3.63, 3.8) is 0 Å². The van der Waals surface area contributed by atoms with E-state index in [1.165, 1.54) is 0 Å². The maximum absolute atomic E-state index is 12.3. The van der Waals surface area contributed by atoms with Crippen LogP contribution < -0.4 is 0 Å². The molecule has 13 heavy (non-hydrogen) atoms. The third-order valence-electron chi connectivity index (χ3n) is 2.50. The van der Waals surface area contributed by atoms with Crippen LogP contribution in [0.1, 0.15) is 25.7 Å². The molecule has 0 spiro atoms. The Kier molecular flexibility index (Phi) is 2.83. The average Bonchev–Trinajstić information content (AvgIpc) is 2.03. The molecule has 0 aromatic heterocycles. The monoisotopic (exact) mass is 196 g/mol. The second-order valence-electron chi connectivity index (χ2n) is 3.38. The number of carboxylic acids is 1. The Bertz CT molecular complexity index is 200. The molecular formula is C8H11F3O2. The van der Waals surface area contributed by atoms with Crippen molar-refractivity contribution in [3.8, 4) is 0 Å². The Balaban J connectivity index is 2.73. The van der Waals surface area contributed by atoms with Crippen LogP contribution in [0.2, 0.25) is 0 Å². The number of halogens is 3. The highest BCUT2D eigenvalue weighted by atomic mass is 19.4. The lowest BCUT2D eigenvalue weighted by Gasteiger charge is -2.29. The average molecular weight is 196 g/mol. The fourth-order valence-corrected chi connectivity index (χ4v) is 1.82. The van der Waals surface area contributed by atoms with Gasteiger partial charge in [-0.15, -0.1) is 0 Å². The van der Waals surface area contributed by atoms with E-state index in [9.17, 15) is 18.0 Å². The first-order chi connectivity index (χ1) is 5.93. The highest BCUT2D eigenvalue weighted by molar-refractivity contribution is 5.70. The van der Waals surface area contributed by atoms with Crippen molar-refractivity contribution in [1.29, 1.82) is 0 Å². The molecule has 0 aliphatic heterocycles. The summed E-state index contributed by atoms with van der Waals surface area (Å²) in [6.45, 7) is 0. The van der Waals surface area contributed by atoms with Crippen LogP contribution in [0, 0.1) is 11.8 Å². The molecule has 0 aromatic carbocycles. The zero-order valence-electron chi connectivity index (χ0n) is 6.97. The first-order valence-corrected chi connectivity index (χ1v) is 4.22. The zero-order chi connectivity index (χ0) is 10.1. The molecule has 0 unspecified atom stereocenters. The van der Waals surface area contributed by atoms with Crippen LogP contribution in [0.5, 0.6) is 0 Å². The lowest BCUT2D eigenvalue weighted by Crippen LogP contribution is -2.37. The highest BCUT2D eigenvalue weighted by Crippen LogP contribution is 2.41. The van der Waals surface area contributed by atoms with E-state index in [0.29, 0.717) is 12.8 Å². The number of alkyl halides is 3. The molecule has 76 valence electrons. The lowest BCUT2D eigenvalue weighted by molar-refractivity contribution is -0.203. The van der Waals surface area contributed by atoms with Gasteiger partial charge in [0.2, 0.25) is 0 Å². The van der Waals surface area contributed by atoms with Gasteiger partial charge < -0.3 is 5.11 Å². The van der Waals surface area contributed by atoms with Crippen molar-refractivity contribution >= 4 is 5.97 Å². The molecule has 1 rings (SSSR count). The summed E-state index contributed by atoms with van der Waals surface area (Å²) in [6, 6.07) is 0. The van der Waals surface area contributed by atoms with Crippen molar-refractivity contribution in [2.75, 3.05) is 0 Å². The lowest BCUT2D eigenvalue weighted by atomic mass is 9.79. The van der Waals surface area contributed by atoms with E-state index in [-0.39, 0.29) is 12.8 Å². The Hall–Kier alpha value is -0.740. The molecule has 1 fully saturated rings. The van der Waals surface area contributed by atoms with Crippen LogP contribution in [-0.2, 0) is 4.79 Å². The topological polar surface area (TPSA) is 37.3 Å². The fraction of sp³-hybridized carbons (Fsp3) is 0.875. The third-order valence-corrected chi connectivity index (χ3v) is 2.50. The number of carboxylic acid groups (broad SMARTS) is 1. The molecule has 1 aliphatic rings. The summed E-state index contributed by atoms with van der Waals surface area (Å²) in [6.07, 6.45) is -3.18. The van der Waals surface area contributed by atoms with Gasteiger partial charge in [0.25, 0.3) is 0 Å². The quantitative estimate of drug-likeness (QED) is 0.699. The smallest absolute Gasteiger partial charge is 0.392 e. The minimum atomic E-state index is -4.36. The van der Waals surface area contributed by atoms with Crippen LogP contribution in [0.25, 0.3) is 0 Å². The molecule has 0 amide bonds. The van der Waals surface area contributed by atoms with Crippen molar-refractivity contribution < 1.29 is 23.1 Å². The van der Waals surface area contributed by atoms with Crippen LogP contribution in [-0.4, -0.2) is 17.3 Å². The number of hydrogen-bond donors (Lipinski definition) is 1. The minimum absolute atomic E-state index is 0.0412. The summed E-state index contributed by atoms with van der Waals surface area (Å²) in [5.41, 5.74) is 0. The van der Waals surface area contributed by atoms with Gasteiger partial charge in [-0.05, 0) is 12.8 Å². The van der Waals surface area contributed by atoms with Gasteiger partial charge in [0.05, 0.1) is 11.8 Å². The summed E-state index contributed by atoms with van der Waals surface area (Å²) in [7, 11) is 0. The molecule has 0 aromatic rings. The zero-order valence-corrected chi connectivity index (χ0v) is 6.97. The predicted octanol–water partition coefficient (Wildman–Crippen LogP) is 2.44. The predicted molar refractivity (Wildman–Crippen MR) is 39.1 cm³/mol. The maximum Gasteiger partial charge on any atom is 0.392 e. The van der Waals surface area contributed by atoms with Gasteiger partial charge in [0, 0.05) is 0 Å². The standard InChI is InChI=1S/C8H11F3O2/c9-8(10,11)6-4-2-1-3-5(6)7(12)13/h5-6H,1-4H2,(H,12,13)/t5-,6-/m0/s1. The van der Waals surface area contributed by atoms with Crippen LogP contribution in [0.4, 0.5) is 13.2 Å². The number of hydrogen-bond acceptors (Lipinski definition) is 1. The number of rotatable bonds is 1. The van der Waals surface area contributed by atoms with E-state index < -0.39 is 24.0 Å². The molecule has 2 nitrogen and oxygen atoms in total. The molecule has 0 bridgehead atoms. The van der Waals surface area contributed by atoms with E-state index in [2.05, 4.69) is 0 Å². The molecule has 0 heterocycles. The first-order valence-electron chi connectivity index (χ1n) is 4.22. The van der Waals surface area contributed by atoms with Gasteiger partial charge >= 0.3 is 12.1 Å². The van der Waals surface area contributed by atoms with E-state index in [0.717, 1.165) is 0 Å².